The molecule has 0 aromatic carbocycles. The van der Waals surface area contributed by atoms with Gasteiger partial charge in [-0.05, 0) is 68.6 Å². The zero-order chi connectivity index (χ0) is 21.3. The predicted molar refractivity (Wildman–Crippen MR) is 118 cm³/mol. The van der Waals surface area contributed by atoms with Gasteiger partial charge in [-0.25, -0.2) is 4.79 Å². The summed E-state index contributed by atoms with van der Waals surface area (Å²) >= 11 is 3.74. The molecular weight excluding hydrogens is 446 g/mol. The summed E-state index contributed by atoms with van der Waals surface area (Å²) in [7, 11) is 0. The molecule has 1 N–H and O–H groups in total. The van der Waals surface area contributed by atoms with Gasteiger partial charge in [0.25, 0.3) is 0 Å². The summed E-state index contributed by atoms with van der Waals surface area (Å²) in [6.45, 7) is 9.37. The number of rotatable bonds is 2. The van der Waals surface area contributed by atoms with Crippen molar-refractivity contribution in [3.05, 3.63) is 34.7 Å². The lowest BCUT2D eigenvalue weighted by Crippen LogP contribution is -2.64. The average molecular weight is 472 g/mol. The lowest BCUT2D eigenvalue weighted by Gasteiger charge is -2.58. The first-order valence-electron chi connectivity index (χ1n) is 10.3. The Kier molecular flexibility index (Phi) is 4.29. The minimum absolute atomic E-state index is 0.204. The van der Waals surface area contributed by atoms with E-state index in [9.17, 15) is 4.79 Å². The molecule has 158 valence electrons. The lowest BCUT2D eigenvalue weighted by molar-refractivity contribution is -0.0930. The van der Waals surface area contributed by atoms with Crippen molar-refractivity contribution in [1.82, 2.24) is 24.6 Å². The molecule has 0 radical (unpaired) electrons. The summed E-state index contributed by atoms with van der Waals surface area (Å²) in [5, 5.41) is 6.06. The average Bonchev–Trinajstić information content (AvgIpc) is 3.14. The van der Waals surface area contributed by atoms with Crippen LogP contribution in [-0.2, 0) is 4.74 Å². The summed E-state index contributed by atoms with van der Waals surface area (Å²) < 4.78 is 8.65. The number of H-pyrrole nitrogens is 1. The van der Waals surface area contributed by atoms with Gasteiger partial charge in [-0.2, -0.15) is 5.10 Å². The normalized spacial score (nSPS) is 18.5. The number of ether oxygens (including phenoxy) is 1. The van der Waals surface area contributed by atoms with Gasteiger partial charge in [-0.3, -0.25) is 9.67 Å². The van der Waals surface area contributed by atoms with Gasteiger partial charge in [0.15, 0.2) is 0 Å². The SMILES string of the molecule is Cc1c(Br)c(-c2cc3ccncc3[nH]2)nn1C1CC2(C1)CN(C(=O)OC(C)(C)C)C2. The molecule has 2 fully saturated rings. The Morgan fingerprint density at radius 1 is 1.33 bits per heavy atom. The number of amides is 1. The molecule has 3 aromatic heterocycles. The van der Waals surface area contributed by atoms with Crippen LogP contribution in [0.5, 0.6) is 0 Å². The number of pyridine rings is 1. The topological polar surface area (TPSA) is 76.0 Å². The third kappa shape index (κ3) is 3.21. The second-order valence-corrected chi connectivity index (χ2v) is 10.5. The maximum absolute atomic E-state index is 12.2. The standard InChI is InChI=1S/C22H26BrN5O2/c1-13-18(23)19(16-7-14-5-6-24-10-17(14)25-16)26-28(13)15-8-22(9-15)11-27(12-22)20(29)30-21(2,3)4/h5-7,10,15,25H,8-9,11-12H2,1-4H3. The van der Waals surface area contributed by atoms with E-state index in [1.165, 1.54) is 0 Å². The number of hydrogen-bond acceptors (Lipinski definition) is 4. The molecule has 1 aliphatic carbocycles. The molecule has 0 bridgehead atoms. The van der Waals surface area contributed by atoms with E-state index in [1.807, 2.05) is 37.9 Å². The first kappa shape index (κ1) is 19.6. The van der Waals surface area contributed by atoms with Crippen LogP contribution in [0, 0.1) is 12.3 Å². The number of hydrogen-bond donors (Lipinski definition) is 1. The Morgan fingerprint density at radius 2 is 2.07 bits per heavy atom. The number of nitrogens with zero attached hydrogens (tertiary/aromatic N) is 4. The molecule has 8 heteroatoms. The van der Waals surface area contributed by atoms with E-state index >= 15 is 0 Å². The summed E-state index contributed by atoms with van der Waals surface area (Å²) in [6, 6.07) is 4.47. The second kappa shape index (κ2) is 6.57. The van der Waals surface area contributed by atoms with E-state index in [4.69, 9.17) is 9.84 Å². The monoisotopic (exact) mass is 471 g/mol. The molecule has 2 aliphatic rings. The Morgan fingerprint density at radius 3 is 2.73 bits per heavy atom. The van der Waals surface area contributed by atoms with E-state index in [0.717, 1.165) is 58.4 Å². The highest BCUT2D eigenvalue weighted by atomic mass is 79.9. The fraction of sp³-hybridized carbons (Fsp3) is 0.500. The van der Waals surface area contributed by atoms with Crippen molar-refractivity contribution in [1.29, 1.82) is 0 Å². The van der Waals surface area contributed by atoms with E-state index in [0.29, 0.717) is 6.04 Å². The van der Waals surface area contributed by atoms with Crippen LogP contribution in [0.2, 0.25) is 0 Å². The quantitative estimate of drug-likeness (QED) is 0.565. The molecule has 3 aromatic rings. The largest absolute Gasteiger partial charge is 0.444 e. The molecule has 0 atom stereocenters. The van der Waals surface area contributed by atoms with Crippen molar-refractivity contribution in [2.75, 3.05) is 13.1 Å². The molecule has 1 spiro atoms. The smallest absolute Gasteiger partial charge is 0.410 e. The summed E-state index contributed by atoms with van der Waals surface area (Å²) in [5.74, 6) is 0. The molecule has 4 heterocycles. The Hall–Kier alpha value is -2.35. The highest BCUT2D eigenvalue weighted by molar-refractivity contribution is 9.10. The van der Waals surface area contributed by atoms with Crippen molar-refractivity contribution >= 4 is 32.9 Å². The van der Waals surface area contributed by atoms with Crippen molar-refractivity contribution < 1.29 is 9.53 Å². The molecule has 1 amide bonds. The van der Waals surface area contributed by atoms with Gasteiger partial charge in [0, 0.05) is 30.1 Å². The Bertz CT molecular complexity index is 1100. The van der Waals surface area contributed by atoms with E-state index in [2.05, 4.69) is 43.6 Å². The van der Waals surface area contributed by atoms with Crippen LogP contribution < -0.4 is 0 Å². The van der Waals surface area contributed by atoms with E-state index in [-0.39, 0.29) is 11.5 Å². The van der Waals surface area contributed by atoms with Crippen LogP contribution in [0.15, 0.2) is 29.0 Å². The van der Waals surface area contributed by atoms with Crippen molar-refractivity contribution in [2.24, 2.45) is 5.41 Å². The van der Waals surface area contributed by atoms with Gasteiger partial charge in [-0.15, -0.1) is 0 Å². The summed E-state index contributed by atoms with van der Waals surface area (Å²) in [6.07, 6.45) is 5.50. The van der Waals surface area contributed by atoms with E-state index in [1.54, 1.807) is 6.20 Å². The van der Waals surface area contributed by atoms with Crippen LogP contribution in [0.25, 0.3) is 22.3 Å². The maximum Gasteiger partial charge on any atom is 0.410 e. The summed E-state index contributed by atoms with van der Waals surface area (Å²) in [4.78, 5) is 21.6. The molecule has 1 saturated heterocycles. The molecule has 1 aliphatic heterocycles. The Balaban J connectivity index is 1.29. The van der Waals surface area contributed by atoms with E-state index < -0.39 is 5.60 Å². The number of nitrogens with one attached hydrogen (secondary N) is 1. The first-order chi connectivity index (χ1) is 14.1. The van der Waals surface area contributed by atoms with Gasteiger partial charge in [0.05, 0.1) is 33.6 Å². The number of aromatic nitrogens is 4. The van der Waals surface area contributed by atoms with Crippen LogP contribution in [0.3, 0.4) is 0 Å². The van der Waals surface area contributed by atoms with Gasteiger partial charge in [0.1, 0.15) is 11.3 Å². The molecule has 5 rings (SSSR count). The summed E-state index contributed by atoms with van der Waals surface area (Å²) in [5.41, 5.74) is 3.82. The van der Waals surface area contributed by atoms with Crippen LogP contribution in [0.4, 0.5) is 4.79 Å². The van der Waals surface area contributed by atoms with Gasteiger partial charge < -0.3 is 14.6 Å². The third-order valence-electron chi connectivity index (χ3n) is 6.14. The zero-order valence-corrected chi connectivity index (χ0v) is 19.3. The van der Waals surface area contributed by atoms with Gasteiger partial charge in [-0.1, -0.05) is 0 Å². The molecular formula is C22H26BrN5O2. The third-order valence-corrected chi connectivity index (χ3v) is 7.09. The number of likely N-dealkylation sites (tertiary alicyclic amines) is 1. The second-order valence-electron chi connectivity index (χ2n) is 9.74. The number of carbonyl (C=O) groups is 1. The molecule has 7 nitrogen and oxygen atoms in total. The van der Waals surface area contributed by atoms with Crippen molar-refractivity contribution in [3.63, 3.8) is 0 Å². The highest BCUT2D eigenvalue weighted by Crippen LogP contribution is 2.55. The van der Waals surface area contributed by atoms with Crippen LogP contribution >= 0.6 is 15.9 Å². The minimum Gasteiger partial charge on any atom is -0.444 e. The first-order valence-corrected chi connectivity index (χ1v) is 11.1. The number of fused-ring (bicyclic) bond motifs is 1. The lowest BCUT2D eigenvalue weighted by atomic mass is 9.61. The minimum atomic E-state index is -0.449. The van der Waals surface area contributed by atoms with Crippen LogP contribution in [-0.4, -0.2) is 49.4 Å². The molecule has 30 heavy (non-hydrogen) atoms. The number of halogens is 1. The van der Waals surface area contributed by atoms with Crippen molar-refractivity contribution in [2.45, 2.75) is 52.2 Å². The molecule has 1 saturated carbocycles. The zero-order valence-electron chi connectivity index (χ0n) is 17.7. The van der Waals surface area contributed by atoms with Gasteiger partial charge >= 0.3 is 6.09 Å². The van der Waals surface area contributed by atoms with Crippen molar-refractivity contribution in [3.8, 4) is 11.4 Å². The molecule has 0 unspecified atom stereocenters. The van der Waals surface area contributed by atoms with Gasteiger partial charge in [0.2, 0.25) is 0 Å². The number of carbonyl (C=O) groups excluding carboxylic acids is 1. The Labute approximate surface area is 183 Å². The fourth-order valence-electron chi connectivity index (χ4n) is 4.72. The highest BCUT2D eigenvalue weighted by Gasteiger charge is 2.55. The predicted octanol–water partition coefficient (Wildman–Crippen LogP) is 5.07. The number of aromatic amines is 1. The fourth-order valence-corrected chi connectivity index (χ4v) is 5.19. The maximum atomic E-state index is 12.2. The van der Waals surface area contributed by atoms with Crippen LogP contribution in [0.1, 0.15) is 45.3 Å².